The number of aromatic carboxylic acids is 1. The molecule has 2 aromatic heterocycles. The molecule has 2 N–H and O–H groups in total. The second kappa shape index (κ2) is 10.1. The lowest BCUT2D eigenvalue weighted by Gasteiger charge is -2.12. The molecule has 8 heteroatoms. The van der Waals surface area contributed by atoms with Crippen LogP contribution < -0.4 is 10.1 Å². The Labute approximate surface area is 203 Å². The molecule has 2 aromatic carbocycles. The first kappa shape index (κ1) is 23.6. The Kier molecular flexibility index (Phi) is 7.03. The minimum Gasteiger partial charge on any atom is -0.496 e. The van der Waals surface area contributed by atoms with Crippen molar-refractivity contribution in [1.82, 2.24) is 14.5 Å². The third-order valence-electron chi connectivity index (χ3n) is 5.86. The van der Waals surface area contributed by atoms with Crippen LogP contribution in [0.3, 0.4) is 0 Å². The number of hydrogen-bond acceptors (Lipinski definition) is 5. The number of nitrogens with zero attached hydrogens (tertiary/aromatic N) is 3. The van der Waals surface area contributed by atoms with Gasteiger partial charge in [0.05, 0.1) is 28.9 Å². The second-order valence-electron chi connectivity index (χ2n) is 8.09. The van der Waals surface area contributed by atoms with Crippen LogP contribution in [0.5, 0.6) is 5.75 Å². The zero-order valence-corrected chi connectivity index (χ0v) is 20.2. The fourth-order valence-corrected chi connectivity index (χ4v) is 4.52. The van der Waals surface area contributed by atoms with Crippen molar-refractivity contribution in [3.05, 3.63) is 70.6 Å². The summed E-state index contributed by atoms with van der Waals surface area (Å²) in [6.07, 6.45) is 3.08. The number of hydrogen-bond donors (Lipinski definition) is 2. The van der Waals surface area contributed by atoms with Gasteiger partial charge in [-0.1, -0.05) is 31.0 Å². The number of carboxylic acids is 1. The molecule has 4 rings (SSSR count). The fourth-order valence-electron chi connectivity index (χ4n) is 4.25. The molecule has 0 saturated heterocycles. The van der Waals surface area contributed by atoms with Crippen LogP contribution in [0.1, 0.15) is 35.0 Å². The lowest BCUT2D eigenvalue weighted by atomic mass is 9.99. The summed E-state index contributed by atoms with van der Waals surface area (Å²) in [5.74, 6) is 0.582. The predicted octanol–water partition coefficient (Wildman–Crippen LogP) is 5.83. The highest BCUT2D eigenvalue weighted by Gasteiger charge is 2.14. The minimum absolute atomic E-state index is 0.336. The van der Waals surface area contributed by atoms with Crippen LogP contribution in [-0.2, 0) is 13.0 Å². The summed E-state index contributed by atoms with van der Waals surface area (Å²) in [5.41, 5.74) is 4.79. The zero-order valence-electron chi connectivity index (χ0n) is 19.4. The van der Waals surface area contributed by atoms with Crippen molar-refractivity contribution in [3.8, 4) is 17.0 Å². The number of benzene rings is 2. The van der Waals surface area contributed by atoms with Gasteiger partial charge in [0.2, 0.25) is 0 Å². The number of aryl methyl sites for hydroxylation is 2. The largest absolute Gasteiger partial charge is 0.496 e. The quantitative estimate of drug-likeness (QED) is 0.314. The second-order valence-corrected chi connectivity index (χ2v) is 8.50. The smallest absolute Gasteiger partial charge is 0.335 e. The molecule has 0 fully saturated rings. The molecular weight excluding hydrogens is 452 g/mol. The molecule has 176 valence electrons. The highest BCUT2D eigenvalue weighted by atomic mass is 35.5. The molecule has 0 spiro atoms. The Morgan fingerprint density at radius 3 is 2.74 bits per heavy atom. The topological polar surface area (TPSA) is 89.3 Å². The molecular formula is C26H27ClN4O3. The average molecular weight is 479 g/mol. The molecule has 0 aliphatic rings. The molecule has 0 unspecified atom stereocenters. The van der Waals surface area contributed by atoms with Crippen molar-refractivity contribution < 1.29 is 14.6 Å². The maximum absolute atomic E-state index is 11.5. The molecule has 4 aromatic rings. The Balaban J connectivity index is 1.53. The van der Waals surface area contributed by atoms with Gasteiger partial charge in [0.15, 0.2) is 0 Å². The molecule has 0 aliphatic carbocycles. The highest BCUT2D eigenvalue weighted by molar-refractivity contribution is 6.35. The van der Waals surface area contributed by atoms with E-state index < -0.39 is 5.97 Å². The Hall–Kier alpha value is -3.58. The summed E-state index contributed by atoms with van der Waals surface area (Å²) in [4.78, 5) is 20.3. The summed E-state index contributed by atoms with van der Waals surface area (Å²) in [6, 6.07) is 13.0. The molecule has 2 heterocycles. The van der Waals surface area contributed by atoms with Crippen LogP contribution in [0.2, 0.25) is 5.02 Å². The van der Waals surface area contributed by atoms with Crippen molar-refractivity contribution in [3.63, 3.8) is 0 Å². The van der Waals surface area contributed by atoms with E-state index in [2.05, 4.69) is 25.9 Å². The summed E-state index contributed by atoms with van der Waals surface area (Å²) in [6.45, 7) is 5.40. The first-order valence-electron chi connectivity index (χ1n) is 11.2. The van der Waals surface area contributed by atoms with Gasteiger partial charge >= 0.3 is 5.97 Å². The number of ether oxygens (including phenoxy) is 1. The van der Waals surface area contributed by atoms with Gasteiger partial charge in [-0.25, -0.2) is 14.8 Å². The van der Waals surface area contributed by atoms with E-state index in [1.165, 1.54) is 6.33 Å². The van der Waals surface area contributed by atoms with Gasteiger partial charge < -0.3 is 19.7 Å². The SMILES string of the molecule is CCCc1cc(-c2cc(NCCn3c(C)cc4c(OC)ccc(Cl)c43)ncn2)ccc1C(=O)O. The van der Waals surface area contributed by atoms with Crippen molar-refractivity contribution in [2.75, 3.05) is 19.0 Å². The lowest BCUT2D eigenvalue weighted by molar-refractivity contribution is 0.0695. The van der Waals surface area contributed by atoms with Gasteiger partial charge in [-0.3, -0.25) is 0 Å². The van der Waals surface area contributed by atoms with Gasteiger partial charge in [-0.2, -0.15) is 0 Å². The number of rotatable bonds is 9. The van der Waals surface area contributed by atoms with Crippen LogP contribution in [0, 0.1) is 6.92 Å². The highest BCUT2D eigenvalue weighted by Crippen LogP contribution is 2.34. The van der Waals surface area contributed by atoms with Crippen LogP contribution in [0.4, 0.5) is 5.82 Å². The van der Waals surface area contributed by atoms with Crippen molar-refractivity contribution in [1.29, 1.82) is 0 Å². The zero-order chi connectivity index (χ0) is 24.2. The van der Waals surface area contributed by atoms with E-state index in [0.717, 1.165) is 45.6 Å². The Morgan fingerprint density at radius 1 is 1.18 bits per heavy atom. The predicted molar refractivity (Wildman–Crippen MR) is 135 cm³/mol. The van der Waals surface area contributed by atoms with Crippen molar-refractivity contribution in [2.24, 2.45) is 0 Å². The third-order valence-corrected chi connectivity index (χ3v) is 6.16. The number of carbonyl (C=O) groups is 1. The lowest BCUT2D eigenvalue weighted by Crippen LogP contribution is -2.12. The minimum atomic E-state index is -0.911. The number of nitrogens with one attached hydrogen (secondary N) is 1. The van der Waals surface area contributed by atoms with E-state index >= 15 is 0 Å². The number of methoxy groups -OCH3 is 1. The van der Waals surface area contributed by atoms with E-state index in [0.29, 0.717) is 35.9 Å². The van der Waals surface area contributed by atoms with E-state index in [4.69, 9.17) is 16.3 Å². The summed E-state index contributed by atoms with van der Waals surface area (Å²) in [5, 5.41) is 14.5. The molecule has 0 bridgehead atoms. The maximum atomic E-state index is 11.5. The van der Waals surface area contributed by atoms with Crippen LogP contribution >= 0.6 is 11.6 Å². The maximum Gasteiger partial charge on any atom is 0.335 e. The van der Waals surface area contributed by atoms with Crippen molar-refractivity contribution >= 4 is 34.3 Å². The number of halogens is 1. The van der Waals surface area contributed by atoms with Gasteiger partial charge in [0, 0.05) is 35.8 Å². The molecule has 0 radical (unpaired) electrons. The Morgan fingerprint density at radius 2 is 2.00 bits per heavy atom. The van der Waals surface area contributed by atoms with Crippen LogP contribution in [0.25, 0.3) is 22.2 Å². The monoisotopic (exact) mass is 478 g/mol. The molecule has 0 amide bonds. The Bertz CT molecular complexity index is 1350. The average Bonchev–Trinajstić information content (AvgIpc) is 3.16. The van der Waals surface area contributed by atoms with Crippen molar-refractivity contribution in [2.45, 2.75) is 33.2 Å². The molecule has 7 nitrogen and oxygen atoms in total. The van der Waals surface area contributed by atoms with E-state index in [-0.39, 0.29) is 0 Å². The first-order valence-corrected chi connectivity index (χ1v) is 11.6. The summed E-state index contributed by atoms with van der Waals surface area (Å²) < 4.78 is 7.65. The van der Waals surface area contributed by atoms with Crippen LogP contribution in [-0.4, -0.2) is 39.3 Å². The van der Waals surface area contributed by atoms with E-state index in [9.17, 15) is 9.90 Å². The summed E-state index contributed by atoms with van der Waals surface area (Å²) in [7, 11) is 1.66. The molecule has 34 heavy (non-hydrogen) atoms. The number of anilines is 1. The van der Waals surface area contributed by atoms with E-state index in [1.807, 2.05) is 38.1 Å². The molecule has 0 aliphatic heterocycles. The molecule has 0 atom stereocenters. The number of carboxylic acid groups (broad SMARTS) is 1. The molecule has 0 saturated carbocycles. The van der Waals surface area contributed by atoms with Gasteiger partial charge in [-0.05, 0) is 49.2 Å². The van der Waals surface area contributed by atoms with Crippen LogP contribution in [0.15, 0.2) is 48.8 Å². The normalized spacial score (nSPS) is 11.1. The summed E-state index contributed by atoms with van der Waals surface area (Å²) >= 11 is 6.50. The van der Waals surface area contributed by atoms with E-state index in [1.54, 1.807) is 19.2 Å². The first-order chi connectivity index (χ1) is 16.4. The van der Waals surface area contributed by atoms with Gasteiger partial charge in [-0.15, -0.1) is 0 Å². The number of fused-ring (bicyclic) bond motifs is 1. The van der Waals surface area contributed by atoms with Gasteiger partial charge in [0.1, 0.15) is 17.9 Å². The third kappa shape index (κ3) is 4.70. The fraction of sp³-hybridized carbons (Fsp3) is 0.269. The van der Waals surface area contributed by atoms with Gasteiger partial charge in [0.25, 0.3) is 0 Å². The number of aromatic nitrogens is 3. The standard InChI is InChI=1S/C26H27ClN4O3/c1-4-5-17-13-18(6-7-19(17)26(32)33)22-14-24(30-15-29-22)28-10-11-31-16(2)12-20-23(34-3)9-8-21(27)25(20)31/h6-9,12-15H,4-5,10-11H2,1-3H3,(H,32,33)(H,28,29,30).